The van der Waals surface area contributed by atoms with Gasteiger partial charge in [0.25, 0.3) is 5.91 Å². The largest absolute Gasteiger partial charge is 0.430 e. The second-order valence-corrected chi connectivity index (χ2v) is 7.46. The topological polar surface area (TPSA) is 114 Å². The SMILES string of the molecule is Cc1ccc2c(NC(=O)N3CC[C@H](N4CCOC[C@@H]4C)C3)c(C(N)=O)oc2n1. The minimum Gasteiger partial charge on any atom is -0.430 e. The van der Waals surface area contributed by atoms with Crippen LogP contribution in [0.2, 0.25) is 0 Å². The number of primary amides is 1. The number of carbonyl (C=O) groups is 2. The Morgan fingerprint density at radius 1 is 1.32 bits per heavy atom. The number of urea groups is 1. The van der Waals surface area contributed by atoms with E-state index in [2.05, 4.69) is 22.1 Å². The summed E-state index contributed by atoms with van der Waals surface area (Å²) >= 11 is 0. The molecule has 0 saturated carbocycles. The Labute approximate surface area is 162 Å². The number of nitrogens with two attached hydrogens (primary N) is 1. The zero-order chi connectivity index (χ0) is 19.8. The average Bonchev–Trinajstić information content (AvgIpc) is 3.27. The van der Waals surface area contributed by atoms with E-state index in [1.54, 1.807) is 17.0 Å². The third-order valence-corrected chi connectivity index (χ3v) is 5.49. The van der Waals surface area contributed by atoms with Crippen LogP contribution in [-0.4, -0.2) is 71.7 Å². The van der Waals surface area contributed by atoms with E-state index in [-0.39, 0.29) is 23.2 Å². The molecule has 3 amide bonds. The number of fused-ring (bicyclic) bond motifs is 1. The van der Waals surface area contributed by atoms with Gasteiger partial charge in [0.2, 0.25) is 11.5 Å². The number of morpholine rings is 1. The number of nitrogens with zero attached hydrogens (tertiary/aromatic N) is 3. The van der Waals surface area contributed by atoms with Gasteiger partial charge in [0, 0.05) is 37.4 Å². The number of hydrogen-bond acceptors (Lipinski definition) is 6. The molecule has 0 aromatic carbocycles. The van der Waals surface area contributed by atoms with E-state index < -0.39 is 5.91 Å². The molecule has 9 nitrogen and oxygen atoms in total. The molecule has 0 spiro atoms. The molecule has 0 bridgehead atoms. The highest BCUT2D eigenvalue weighted by Crippen LogP contribution is 2.30. The minimum absolute atomic E-state index is 0.0843. The van der Waals surface area contributed by atoms with Crippen molar-refractivity contribution in [2.45, 2.75) is 32.4 Å². The van der Waals surface area contributed by atoms with Crippen LogP contribution in [0.4, 0.5) is 10.5 Å². The molecule has 3 N–H and O–H groups in total. The third kappa shape index (κ3) is 3.43. The van der Waals surface area contributed by atoms with Crippen molar-refractivity contribution in [1.29, 1.82) is 0 Å². The summed E-state index contributed by atoms with van der Waals surface area (Å²) in [6.07, 6.45) is 0.910. The molecule has 2 aromatic rings. The van der Waals surface area contributed by atoms with Gasteiger partial charge in [-0.25, -0.2) is 9.78 Å². The maximum Gasteiger partial charge on any atom is 0.322 e. The van der Waals surface area contributed by atoms with Gasteiger partial charge >= 0.3 is 6.03 Å². The number of nitrogens with one attached hydrogen (secondary N) is 1. The van der Waals surface area contributed by atoms with Crippen molar-refractivity contribution in [2.24, 2.45) is 5.73 Å². The lowest BCUT2D eigenvalue weighted by atomic mass is 10.1. The number of ether oxygens (including phenoxy) is 1. The van der Waals surface area contributed by atoms with Crippen molar-refractivity contribution in [1.82, 2.24) is 14.8 Å². The van der Waals surface area contributed by atoms with Gasteiger partial charge < -0.3 is 25.1 Å². The molecular weight excluding hydrogens is 362 g/mol. The van der Waals surface area contributed by atoms with Gasteiger partial charge in [-0.05, 0) is 32.4 Å². The highest BCUT2D eigenvalue weighted by Gasteiger charge is 2.34. The Morgan fingerprint density at radius 3 is 2.89 bits per heavy atom. The lowest BCUT2D eigenvalue weighted by Gasteiger charge is -2.37. The molecule has 4 rings (SSSR count). The Kier molecular flexibility index (Phi) is 4.94. The van der Waals surface area contributed by atoms with E-state index in [9.17, 15) is 9.59 Å². The zero-order valence-corrected chi connectivity index (χ0v) is 16.1. The Bertz CT molecular complexity index is 911. The fraction of sp³-hybridized carbons (Fsp3) is 0.526. The lowest BCUT2D eigenvalue weighted by Crippen LogP contribution is -2.50. The fourth-order valence-corrected chi connectivity index (χ4v) is 4.03. The summed E-state index contributed by atoms with van der Waals surface area (Å²) in [5.41, 5.74) is 6.75. The van der Waals surface area contributed by atoms with E-state index in [1.165, 1.54) is 0 Å². The molecular formula is C19H25N5O4. The van der Waals surface area contributed by atoms with E-state index in [0.717, 1.165) is 31.9 Å². The number of pyridine rings is 1. The predicted octanol–water partition coefficient (Wildman–Crippen LogP) is 1.56. The number of aromatic nitrogens is 1. The second-order valence-electron chi connectivity index (χ2n) is 7.46. The smallest absolute Gasteiger partial charge is 0.322 e. The van der Waals surface area contributed by atoms with Crippen molar-refractivity contribution in [3.8, 4) is 0 Å². The number of aryl methyl sites for hydroxylation is 1. The van der Waals surface area contributed by atoms with Gasteiger partial charge in [0.15, 0.2) is 0 Å². The van der Waals surface area contributed by atoms with E-state index in [4.69, 9.17) is 14.9 Å². The normalized spacial score (nSPS) is 23.3. The summed E-state index contributed by atoms with van der Waals surface area (Å²) in [4.78, 5) is 33.1. The first-order chi connectivity index (χ1) is 13.4. The molecule has 28 heavy (non-hydrogen) atoms. The summed E-state index contributed by atoms with van der Waals surface area (Å²) in [6.45, 7) is 7.58. The van der Waals surface area contributed by atoms with E-state index >= 15 is 0 Å². The number of hydrogen-bond donors (Lipinski definition) is 2. The molecule has 2 aromatic heterocycles. The molecule has 0 unspecified atom stereocenters. The summed E-state index contributed by atoms with van der Waals surface area (Å²) in [5.74, 6) is -0.827. The fourth-order valence-electron chi connectivity index (χ4n) is 4.03. The maximum absolute atomic E-state index is 12.9. The number of carbonyl (C=O) groups excluding carboxylic acids is 2. The molecule has 2 saturated heterocycles. The third-order valence-electron chi connectivity index (χ3n) is 5.49. The van der Waals surface area contributed by atoms with E-state index in [1.807, 2.05) is 6.92 Å². The van der Waals surface area contributed by atoms with E-state index in [0.29, 0.717) is 30.6 Å². The molecule has 2 aliphatic rings. The molecule has 150 valence electrons. The van der Waals surface area contributed by atoms with Crippen molar-refractivity contribution < 1.29 is 18.7 Å². The standard InChI is InChI=1S/C19H25N5O4/c1-11-3-4-14-15(16(17(20)25)28-18(14)21-11)22-19(26)23-6-5-13(9-23)24-7-8-27-10-12(24)2/h3-4,12-13H,5-10H2,1-2H3,(H2,20,25)(H,22,26)/t12-,13-/m0/s1. The van der Waals surface area contributed by atoms with Crippen LogP contribution in [0.5, 0.6) is 0 Å². The summed E-state index contributed by atoms with van der Waals surface area (Å²) in [6, 6.07) is 3.95. The van der Waals surface area contributed by atoms with Gasteiger partial charge in [-0.3, -0.25) is 9.69 Å². The van der Waals surface area contributed by atoms with Crippen molar-refractivity contribution in [2.75, 3.05) is 38.2 Å². The van der Waals surface area contributed by atoms with Gasteiger partial charge in [0.05, 0.1) is 18.6 Å². The van der Waals surface area contributed by atoms with Gasteiger partial charge in [-0.1, -0.05) is 0 Å². The lowest BCUT2D eigenvalue weighted by molar-refractivity contribution is -0.0192. The van der Waals surface area contributed by atoms with Crippen LogP contribution >= 0.6 is 0 Å². The van der Waals surface area contributed by atoms with Crippen LogP contribution < -0.4 is 11.1 Å². The number of furan rings is 1. The zero-order valence-electron chi connectivity index (χ0n) is 16.1. The first kappa shape index (κ1) is 18.7. The number of rotatable bonds is 3. The summed E-state index contributed by atoms with van der Waals surface area (Å²) in [7, 11) is 0. The predicted molar refractivity (Wildman–Crippen MR) is 103 cm³/mol. The van der Waals surface area contributed by atoms with Crippen LogP contribution in [0.25, 0.3) is 11.1 Å². The van der Waals surface area contributed by atoms with Crippen LogP contribution in [0, 0.1) is 6.92 Å². The molecule has 2 atom stereocenters. The Hall–Kier alpha value is -2.65. The van der Waals surface area contributed by atoms with Gasteiger partial charge in [0.1, 0.15) is 5.69 Å². The molecule has 0 radical (unpaired) electrons. The van der Waals surface area contributed by atoms with Crippen molar-refractivity contribution in [3.63, 3.8) is 0 Å². The first-order valence-corrected chi connectivity index (χ1v) is 9.53. The quantitative estimate of drug-likeness (QED) is 0.826. The van der Waals surface area contributed by atoms with Crippen LogP contribution in [-0.2, 0) is 4.74 Å². The van der Waals surface area contributed by atoms with Gasteiger partial charge in [-0.15, -0.1) is 0 Å². The number of anilines is 1. The molecule has 4 heterocycles. The van der Waals surface area contributed by atoms with Crippen LogP contribution in [0.3, 0.4) is 0 Å². The summed E-state index contributed by atoms with van der Waals surface area (Å²) in [5, 5.41) is 3.38. The van der Waals surface area contributed by atoms with Crippen molar-refractivity contribution >= 4 is 28.7 Å². The second kappa shape index (κ2) is 7.40. The van der Waals surface area contributed by atoms with Gasteiger partial charge in [-0.2, -0.15) is 0 Å². The Morgan fingerprint density at radius 2 is 2.14 bits per heavy atom. The van der Waals surface area contributed by atoms with Crippen LogP contribution in [0.1, 0.15) is 29.6 Å². The van der Waals surface area contributed by atoms with Crippen LogP contribution in [0.15, 0.2) is 16.5 Å². The molecule has 2 fully saturated rings. The molecule has 0 aliphatic carbocycles. The Balaban J connectivity index is 1.51. The number of amides is 3. The minimum atomic E-state index is -0.743. The van der Waals surface area contributed by atoms with Crippen molar-refractivity contribution in [3.05, 3.63) is 23.6 Å². The first-order valence-electron chi connectivity index (χ1n) is 9.53. The average molecular weight is 387 g/mol. The summed E-state index contributed by atoms with van der Waals surface area (Å²) < 4.78 is 11.0. The highest BCUT2D eigenvalue weighted by molar-refractivity contribution is 6.09. The maximum atomic E-state index is 12.9. The number of likely N-dealkylation sites (tertiary alicyclic amines) is 1. The molecule has 2 aliphatic heterocycles. The highest BCUT2D eigenvalue weighted by atomic mass is 16.5. The molecule has 9 heteroatoms. The monoisotopic (exact) mass is 387 g/mol.